The van der Waals surface area contributed by atoms with E-state index in [0.717, 1.165) is 5.56 Å². The van der Waals surface area contributed by atoms with E-state index in [1.54, 1.807) is 31.3 Å². The largest absolute Gasteiger partial charge is 0.411 e. The summed E-state index contributed by atoms with van der Waals surface area (Å²) in [5.41, 5.74) is 1.52. The standard InChI is InChI=1S/C13H17F3N2O2/c1-17-7-12(19)18-6-10-2-4-11(5-3-10)8-20-9-13(14,15)16/h2-5,17H,6-9H2,1H3,(H,18,19). The number of likely N-dealkylation sites (N-methyl/N-ethyl adjacent to an activating group) is 1. The van der Waals surface area contributed by atoms with Crippen molar-refractivity contribution in [3.05, 3.63) is 35.4 Å². The third kappa shape index (κ3) is 7.10. The Morgan fingerprint density at radius 1 is 1.20 bits per heavy atom. The van der Waals surface area contributed by atoms with Gasteiger partial charge in [0.1, 0.15) is 6.61 Å². The SMILES string of the molecule is CNCC(=O)NCc1ccc(COCC(F)(F)F)cc1. The molecule has 0 bridgehead atoms. The molecule has 1 rings (SSSR count). The summed E-state index contributed by atoms with van der Waals surface area (Å²) in [5, 5.41) is 5.43. The maximum Gasteiger partial charge on any atom is 0.411 e. The van der Waals surface area contributed by atoms with E-state index in [1.807, 2.05) is 0 Å². The van der Waals surface area contributed by atoms with Gasteiger partial charge in [0.25, 0.3) is 0 Å². The van der Waals surface area contributed by atoms with Crippen LogP contribution >= 0.6 is 0 Å². The van der Waals surface area contributed by atoms with Crippen molar-refractivity contribution in [3.8, 4) is 0 Å². The smallest absolute Gasteiger partial charge is 0.367 e. The fourth-order valence-corrected chi connectivity index (χ4v) is 1.46. The van der Waals surface area contributed by atoms with E-state index in [0.29, 0.717) is 12.1 Å². The predicted molar refractivity (Wildman–Crippen MR) is 67.9 cm³/mol. The molecule has 0 radical (unpaired) electrons. The second-order valence-electron chi connectivity index (χ2n) is 4.23. The average Bonchev–Trinajstić information content (AvgIpc) is 2.37. The van der Waals surface area contributed by atoms with Crippen molar-refractivity contribution in [2.75, 3.05) is 20.2 Å². The van der Waals surface area contributed by atoms with Crippen molar-refractivity contribution < 1.29 is 22.7 Å². The Kier molecular flexibility index (Phi) is 6.47. The minimum atomic E-state index is -4.31. The zero-order valence-electron chi connectivity index (χ0n) is 11.1. The molecule has 0 aliphatic heterocycles. The Morgan fingerprint density at radius 3 is 2.35 bits per heavy atom. The topological polar surface area (TPSA) is 50.4 Å². The lowest BCUT2D eigenvalue weighted by Gasteiger charge is -2.08. The van der Waals surface area contributed by atoms with Gasteiger partial charge in [0.15, 0.2) is 0 Å². The third-order valence-electron chi connectivity index (χ3n) is 2.38. The van der Waals surface area contributed by atoms with Crippen LogP contribution in [-0.4, -0.2) is 32.3 Å². The summed E-state index contributed by atoms with van der Waals surface area (Å²) in [7, 11) is 1.68. The molecule has 7 heteroatoms. The summed E-state index contributed by atoms with van der Waals surface area (Å²) in [4.78, 5) is 11.2. The first kappa shape index (κ1) is 16.5. The number of amides is 1. The van der Waals surface area contributed by atoms with Crippen LogP contribution in [0.2, 0.25) is 0 Å². The first-order chi connectivity index (χ1) is 9.40. The number of carbonyl (C=O) groups is 1. The molecule has 0 fully saturated rings. The first-order valence-electron chi connectivity index (χ1n) is 6.04. The highest BCUT2D eigenvalue weighted by atomic mass is 19.4. The predicted octanol–water partition coefficient (Wildman–Crippen LogP) is 1.60. The van der Waals surface area contributed by atoms with E-state index in [4.69, 9.17) is 0 Å². The molecule has 0 aliphatic carbocycles. The fraction of sp³-hybridized carbons (Fsp3) is 0.462. The molecule has 0 saturated carbocycles. The van der Waals surface area contributed by atoms with Crippen molar-refractivity contribution in [2.24, 2.45) is 0 Å². The van der Waals surface area contributed by atoms with Crippen LogP contribution in [0.5, 0.6) is 0 Å². The van der Waals surface area contributed by atoms with Gasteiger partial charge in [0.2, 0.25) is 5.91 Å². The normalized spacial score (nSPS) is 11.4. The Bertz CT molecular complexity index is 419. The Morgan fingerprint density at radius 2 is 1.80 bits per heavy atom. The van der Waals surface area contributed by atoms with Crippen LogP contribution in [0.4, 0.5) is 13.2 Å². The number of ether oxygens (including phenoxy) is 1. The van der Waals surface area contributed by atoms with Crippen LogP contribution in [0.15, 0.2) is 24.3 Å². The zero-order chi connectivity index (χ0) is 15.0. The lowest BCUT2D eigenvalue weighted by atomic mass is 10.1. The molecule has 0 spiro atoms. The molecule has 0 heterocycles. The van der Waals surface area contributed by atoms with Crippen LogP contribution in [0, 0.1) is 0 Å². The highest BCUT2D eigenvalue weighted by Gasteiger charge is 2.27. The van der Waals surface area contributed by atoms with Crippen molar-refractivity contribution in [3.63, 3.8) is 0 Å². The maximum absolute atomic E-state index is 11.9. The molecule has 0 aliphatic rings. The second-order valence-corrected chi connectivity index (χ2v) is 4.23. The number of alkyl halides is 3. The number of halogens is 3. The third-order valence-corrected chi connectivity index (χ3v) is 2.38. The van der Waals surface area contributed by atoms with E-state index < -0.39 is 12.8 Å². The van der Waals surface area contributed by atoms with E-state index in [1.165, 1.54) is 0 Å². The fourth-order valence-electron chi connectivity index (χ4n) is 1.46. The summed E-state index contributed by atoms with van der Waals surface area (Å²) < 4.78 is 40.2. The molecule has 20 heavy (non-hydrogen) atoms. The molecule has 112 valence electrons. The van der Waals surface area contributed by atoms with Gasteiger partial charge in [-0.3, -0.25) is 4.79 Å². The Balaban J connectivity index is 2.35. The van der Waals surface area contributed by atoms with Gasteiger partial charge < -0.3 is 15.4 Å². The van der Waals surface area contributed by atoms with Gasteiger partial charge in [0.05, 0.1) is 13.2 Å². The van der Waals surface area contributed by atoms with Crippen molar-refractivity contribution in [1.29, 1.82) is 0 Å². The van der Waals surface area contributed by atoms with Crippen molar-refractivity contribution in [1.82, 2.24) is 10.6 Å². The Hall–Kier alpha value is -1.60. The van der Waals surface area contributed by atoms with Gasteiger partial charge in [0, 0.05) is 6.54 Å². The molecular weight excluding hydrogens is 273 g/mol. The maximum atomic E-state index is 11.9. The number of benzene rings is 1. The van der Waals surface area contributed by atoms with Gasteiger partial charge >= 0.3 is 6.18 Å². The average molecular weight is 290 g/mol. The van der Waals surface area contributed by atoms with Gasteiger partial charge in [-0.25, -0.2) is 0 Å². The lowest BCUT2D eigenvalue weighted by Crippen LogP contribution is -2.31. The van der Waals surface area contributed by atoms with Crippen LogP contribution in [0.25, 0.3) is 0 Å². The Labute approximate surface area is 115 Å². The van der Waals surface area contributed by atoms with Gasteiger partial charge in [-0.1, -0.05) is 24.3 Å². The summed E-state index contributed by atoms with van der Waals surface area (Å²) in [6.45, 7) is -0.728. The van der Waals surface area contributed by atoms with Crippen LogP contribution < -0.4 is 10.6 Å². The second kappa shape index (κ2) is 7.86. The van der Waals surface area contributed by atoms with Crippen LogP contribution in [0.3, 0.4) is 0 Å². The lowest BCUT2D eigenvalue weighted by molar-refractivity contribution is -0.176. The molecule has 2 N–H and O–H groups in total. The van der Waals surface area contributed by atoms with Crippen LogP contribution in [-0.2, 0) is 22.7 Å². The molecular formula is C13H17F3N2O2. The molecule has 1 aromatic rings. The highest BCUT2D eigenvalue weighted by Crippen LogP contribution is 2.15. The van der Waals surface area contributed by atoms with Gasteiger partial charge in [-0.15, -0.1) is 0 Å². The molecule has 0 saturated heterocycles. The molecule has 1 amide bonds. The summed E-state index contributed by atoms with van der Waals surface area (Å²) in [6.07, 6.45) is -4.31. The van der Waals surface area contributed by atoms with Crippen molar-refractivity contribution >= 4 is 5.91 Å². The monoisotopic (exact) mass is 290 g/mol. The quantitative estimate of drug-likeness (QED) is 0.802. The molecule has 4 nitrogen and oxygen atoms in total. The van der Waals surface area contributed by atoms with Crippen LogP contribution in [0.1, 0.15) is 11.1 Å². The number of hydrogen-bond donors (Lipinski definition) is 2. The highest BCUT2D eigenvalue weighted by molar-refractivity contribution is 5.77. The van der Waals surface area contributed by atoms with Gasteiger partial charge in [-0.2, -0.15) is 13.2 Å². The zero-order valence-corrected chi connectivity index (χ0v) is 11.1. The summed E-state index contributed by atoms with van der Waals surface area (Å²) in [5.74, 6) is -0.120. The van der Waals surface area contributed by atoms with E-state index in [-0.39, 0.29) is 19.1 Å². The molecule has 1 aromatic carbocycles. The number of rotatable bonds is 7. The van der Waals surface area contributed by atoms with E-state index in [9.17, 15) is 18.0 Å². The molecule has 0 unspecified atom stereocenters. The van der Waals surface area contributed by atoms with Gasteiger partial charge in [-0.05, 0) is 18.2 Å². The number of carbonyl (C=O) groups excluding carboxylic acids is 1. The minimum Gasteiger partial charge on any atom is -0.367 e. The minimum absolute atomic E-state index is 0.0914. The molecule has 0 atom stereocenters. The summed E-state index contributed by atoms with van der Waals surface area (Å²) >= 11 is 0. The van der Waals surface area contributed by atoms with E-state index >= 15 is 0 Å². The number of nitrogens with one attached hydrogen (secondary N) is 2. The number of hydrogen-bond acceptors (Lipinski definition) is 3. The van der Waals surface area contributed by atoms with Crippen molar-refractivity contribution in [2.45, 2.75) is 19.3 Å². The summed E-state index contributed by atoms with van der Waals surface area (Å²) in [6, 6.07) is 6.84. The molecule has 0 aromatic heterocycles. The van der Waals surface area contributed by atoms with E-state index in [2.05, 4.69) is 15.4 Å². The first-order valence-corrected chi connectivity index (χ1v) is 6.04.